The molecule has 6 nitrogen and oxygen atoms in total. The number of non-ortho nitro benzene ring substituents is 1. The molecule has 0 aromatic heterocycles. The van der Waals surface area contributed by atoms with Gasteiger partial charge in [0, 0.05) is 24.1 Å². The number of fused-ring (bicyclic) bond motifs is 1. The average molecular weight is 249 g/mol. The molecular formula is C12H11NO5. The van der Waals surface area contributed by atoms with Crippen LogP contribution in [0.25, 0.3) is 0 Å². The molecule has 0 bridgehead atoms. The van der Waals surface area contributed by atoms with Gasteiger partial charge in [0.2, 0.25) is 0 Å². The largest absolute Gasteiger partial charge is 0.466 e. The zero-order valence-corrected chi connectivity index (χ0v) is 9.71. The van der Waals surface area contributed by atoms with Gasteiger partial charge in [-0.1, -0.05) is 6.07 Å². The number of ether oxygens (including phenoxy) is 1. The van der Waals surface area contributed by atoms with Crippen molar-refractivity contribution in [2.24, 2.45) is 0 Å². The van der Waals surface area contributed by atoms with Crippen molar-refractivity contribution in [1.82, 2.24) is 0 Å². The van der Waals surface area contributed by atoms with Crippen LogP contribution in [-0.4, -0.2) is 23.3 Å². The Morgan fingerprint density at radius 2 is 2.28 bits per heavy atom. The summed E-state index contributed by atoms with van der Waals surface area (Å²) in [5, 5.41) is 10.6. The van der Waals surface area contributed by atoms with Crippen molar-refractivity contribution in [3.8, 4) is 0 Å². The van der Waals surface area contributed by atoms with Crippen molar-refractivity contribution in [2.45, 2.75) is 19.3 Å². The minimum Gasteiger partial charge on any atom is -0.466 e. The highest BCUT2D eigenvalue weighted by Crippen LogP contribution is 2.35. The first kappa shape index (κ1) is 12.2. The van der Waals surface area contributed by atoms with Crippen LogP contribution in [0.5, 0.6) is 0 Å². The fourth-order valence-corrected chi connectivity index (χ4v) is 2.06. The first-order valence-electron chi connectivity index (χ1n) is 5.52. The van der Waals surface area contributed by atoms with Crippen molar-refractivity contribution in [2.75, 3.05) is 6.61 Å². The summed E-state index contributed by atoms with van der Waals surface area (Å²) in [5.41, 5.74) is 0.623. The lowest BCUT2D eigenvalue weighted by Gasteiger charge is -2.08. The van der Waals surface area contributed by atoms with Crippen LogP contribution in [-0.2, 0) is 9.53 Å². The van der Waals surface area contributed by atoms with E-state index in [0.29, 0.717) is 5.56 Å². The highest BCUT2D eigenvalue weighted by molar-refractivity contribution is 6.06. The monoisotopic (exact) mass is 249 g/mol. The van der Waals surface area contributed by atoms with E-state index in [1.165, 1.54) is 18.2 Å². The maximum Gasteiger partial charge on any atom is 0.313 e. The number of nitro benzene ring substituents is 1. The molecule has 0 saturated carbocycles. The predicted octanol–water partition coefficient (Wildman–Crippen LogP) is 1.83. The third kappa shape index (κ3) is 1.97. The first-order chi connectivity index (χ1) is 8.54. The molecule has 0 aliphatic heterocycles. The van der Waals surface area contributed by atoms with E-state index in [9.17, 15) is 19.7 Å². The molecular weight excluding hydrogens is 238 g/mol. The Morgan fingerprint density at radius 3 is 2.89 bits per heavy atom. The number of Topliss-reactive ketones (excluding diaryl/α,β-unsaturated/α-hetero) is 1. The molecule has 2 rings (SSSR count). The fraction of sp³-hybridized carbons (Fsp3) is 0.333. The lowest BCUT2D eigenvalue weighted by molar-refractivity contribution is -0.384. The lowest BCUT2D eigenvalue weighted by Crippen LogP contribution is -2.13. The molecule has 1 aliphatic carbocycles. The van der Waals surface area contributed by atoms with Crippen molar-refractivity contribution >= 4 is 17.4 Å². The number of hydrogen-bond acceptors (Lipinski definition) is 5. The van der Waals surface area contributed by atoms with E-state index in [1.807, 2.05) is 0 Å². The van der Waals surface area contributed by atoms with E-state index in [2.05, 4.69) is 0 Å². The van der Waals surface area contributed by atoms with Gasteiger partial charge < -0.3 is 4.74 Å². The normalized spacial score (nSPS) is 17.4. The Labute approximate surface area is 103 Å². The van der Waals surface area contributed by atoms with Gasteiger partial charge in [-0.15, -0.1) is 0 Å². The second-order valence-corrected chi connectivity index (χ2v) is 3.96. The second kappa shape index (κ2) is 4.56. The molecule has 6 heteroatoms. The van der Waals surface area contributed by atoms with Crippen LogP contribution in [0.4, 0.5) is 5.69 Å². The van der Waals surface area contributed by atoms with Crippen LogP contribution in [0.3, 0.4) is 0 Å². The Morgan fingerprint density at radius 1 is 1.56 bits per heavy atom. The van der Waals surface area contributed by atoms with E-state index in [0.717, 1.165) is 0 Å². The van der Waals surface area contributed by atoms with E-state index in [1.54, 1.807) is 6.92 Å². The molecule has 94 valence electrons. The number of carbonyl (C=O) groups is 2. The summed E-state index contributed by atoms with van der Waals surface area (Å²) in [6.07, 6.45) is 0.0231. The number of carbonyl (C=O) groups excluding carboxylic acids is 2. The van der Waals surface area contributed by atoms with Crippen molar-refractivity contribution in [1.29, 1.82) is 0 Å². The summed E-state index contributed by atoms with van der Waals surface area (Å²) in [5.74, 6) is -1.35. The van der Waals surface area contributed by atoms with E-state index in [-0.39, 0.29) is 30.1 Å². The number of rotatable bonds is 3. The van der Waals surface area contributed by atoms with Crippen LogP contribution in [0, 0.1) is 10.1 Å². The summed E-state index contributed by atoms with van der Waals surface area (Å²) in [4.78, 5) is 33.5. The summed E-state index contributed by atoms with van der Waals surface area (Å²) >= 11 is 0. The fourth-order valence-electron chi connectivity index (χ4n) is 2.06. The van der Waals surface area contributed by atoms with Crippen LogP contribution >= 0.6 is 0 Å². The van der Waals surface area contributed by atoms with Crippen molar-refractivity contribution in [3.05, 3.63) is 39.4 Å². The summed E-state index contributed by atoms with van der Waals surface area (Å²) < 4.78 is 4.88. The maximum absolute atomic E-state index is 11.7. The van der Waals surface area contributed by atoms with E-state index >= 15 is 0 Å². The third-order valence-corrected chi connectivity index (χ3v) is 2.88. The SMILES string of the molecule is CCOC(=O)[C@@H]1CC(=O)c2cc([N+](=O)[O-])ccc21. The molecule has 18 heavy (non-hydrogen) atoms. The molecule has 0 fully saturated rings. The molecule has 0 saturated heterocycles. The number of nitro groups is 1. The highest BCUT2D eigenvalue weighted by atomic mass is 16.6. The number of hydrogen-bond donors (Lipinski definition) is 0. The van der Waals surface area contributed by atoms with Gasteiger partial charge >= 0.3 is 5.97 Å². The standard InChI is InChI=1S/C12H11NO5/c1-2-18-12(15)10-6-11(14)9-5-7(13(16)17)3-4-8(9)10/h3-5,10H,2,6H2,1H3/t10-/m1/s1. The first-order valence-corrected chi connectivity index (χ1v) is 5.52. The molecule has 0 amide bonds. The molecule has 0 unspecified atom stereocenters. The van der Waals surface area contributed by atoms with Gasteiger partial charge in [-0.05, 0) is 12.5 Å². The number of benzene rings is 1. The second-order valence-electron chi connectivity index (χ2n) is 3.96. The molecule has 0 N–H and O–H groups in total. The molecule has 0 radical (unpaired) electrons. The highest BCUT2D eigenvalue weighted by Gasteiger charge is 2.36. The third-order valence-electron chi connectivity index (χ3n) is 2.88. The summed E-state index contributed by atoms with van der Waals surface area (Å²) in [6.45, 7) is 1.93. The number of nitrogens with zero attached hydrogens (tertiary/aromatic N) is 1. The van der Waals surface area contributed by atoms with Gasteiger partial charge in [0.25, 0.3) is 5.69 Å². The Kier molecular flexibility index (Phi) is 3.10. The maximum atomic E-state index is 11.7. The molecule has 1 aliphatic rings. The van der Waals surface area contributed by atoms with Gasteiger partial charge in [0.05, 0.1) is 17.4 Å². The quantitative estimate of drug-likeness (QED) is 0.463. The minimum absolute atomic E-state index is 0.0231. The molecule has 1 aromatic rings. The van der Waals surface area contributed by atoms with E-state index in [4.69, 9.17) is 4.74 Å². The van der Waals surface area contributed by atoms with Crippen LogP contribution in [0.1, 0.15) is 35.2 Å². The molecule has 1 atom stereocenters. The zero-order chi connectivity index (χ0) is 13.3. The average Bonchev–Trinajstić information content (AvgIpc) is 2.67. The van der Waals surface area contributed by atoms with Crippen LogP contribution in [0.15, 0.2) is 18.2 Å². The van der Waals surface area contributed by atoms with Gasteiger partial charge in [-0.25, -0.2) is 0 Å². The molecule has 1 aromatic carbocycles. The minimum atomic E-state index is -0.631. The van der Waals surface area contributed by atoms with Crippen molar-refractivity contribution in [3.63, 3.8) is 0 Å². The molecule has 0 heterocycles. The number of esters is 1. The Hall–Kier alpha value is -2.24. The summed E-state index contributed by atoms with van der Waals surface area (Å²) in [7, 11) is 0. The predicted molar refractivity (Wildman–Crippen MR) is 61.4 cm³/mol. The van der Waals surface area contributed by atoms with Gasteiger partial charge in [-0.2, -0.15) is 0 Å². The van der Waals surface area contributed by atoms with Gasteiger partial charge in [0.15, 0.2) is 5.78 Å². The van der Waals surface area contributed by atoms with Gasteiger partial charge in [0.1, 0.15) is 0 Å². The van der Waals surface area contributed by atoms with E-state index < -0.39 is 16.8 Å². The van der Waals surface area contributed by atoms with Crippen LogP contribution < -0.4 is 0 Å². The number of ketones is 1. The summed E-state index contributed by atoms with van der Waals surface area (Å²) in [6, 6.07) is 3.97. The van der Waals surface area contributed by atoms with Crippen molar-refractivity contribution < 1.29 is 19.2 Å². The Balaban J connectivity index is 2.39. The molecule has 0 spiro atoms. The Bertz CT molecular complexity index is 537. The zero-order valence-electron chi connectivity index (χ0n) is 9.71. The van der Waals surface area contributed by atoms with Gasteiger partial charge in [-0.3, -0.25) is 19.7 Å². The smallest absolute Gasteiger partial charge is 0.313 e. The topological polar surface area (TPSA) is 86.5 Å². The lowest BCUT2D eigenvalue weighted by atomic mass is 10.0. The van der Waals surface area contributed by atoms with Crippen LogP contribution in [0.2, 0.25) is 0 Å².